The molecule has 5 nitrogen and oxygen atoms in total. The van der Waals surface area contributed by atoms with Gasteiger partial charge in [0.2, 0.25) is 11.8 Å². The van der Waals surface area contributed by atoms with E-state index in [0.29, 0.717) is 38.0 Å². The van der Waals surface area contributed by atoms with Crippen LogP contribution in [0.25, 0.3) is 0 Å². The number of hydrogen-bond acceptors (Lipinski definition) is 3. The van der Waals surface area contributed by atoms with E-state index >= 15 is 0 Å². The van der Waals surface area contributed by atoms with E-state index in [9.17, 15) is 9.59 Å². The van der Waals surface area contributed by atoms with Crippen molar-refractivity contribution in [1.29, 1.82) is 0 Å². The molecule has 2 rings (SSSR count). The monoisotopic (exact) mass is 275 g/mol. The minimum atomic E-state index is -0.322. The standard InChI is InChI=1S/C15H21N3O2/c1-2-13-15(20)17-8-9-18(13)14(19)7-6-11-4-3-5-12(16)10-11/h3-5,10,13H,2,6-9,16H2,1H3,(H,17,20). The highest BCUT2D eigenvalue weighted by molar-refractivity contribution is 5.88. The highest BCUT2D eigenvalue weighted by Crippen LogP contribution is 2.13. The summed E-state index contributed by atoms with van der Waals surface area (Å²) in [7, 11) is 0. The molecule has 0 bridgehead atoms. The summed E-state index contributed by atoms with van der Waals surface area (Å²) in [5, 5.41) is 2.80. The lowest BCUT2D eigenvalue weighted by Crippen LogP contribution is -2.56. The van der Waals surface area contributed by atoms with Gasteiger partial charge < -0.3 is 16.0 Å². The van der Waals surface area contributed by atoms with E-state index in [4.69, 9.17) is 5.73 Å². The molecule has 0 radical (unpaired) electrons. The number of hydrogen-bond donors (Lipinski definition) is 2. The average molecular weight is 275 g/mol. The maximum absolute atomic E-state index is 12.3. The first-order chi connectivity index (χ1) is 9.61. The molecule has 20 heavy (non-hydrogen) atoms. The predicted octanol–water partition coefficient (Wildman–Crippen LogP) is 0.938. The maximum atomic E-state index is 12.3. The number of anilines is 1. The lowest BCUT2D eigenvalue weighted by Gasteiger charge is -2.34. The minimum absolute atomic E-state index is 0.0362. The molecule has 0 aliphatic carbocycles. The van der Waals surface area contributed by atoms with Gasteiger partial charge in [0.1, 0.15) is 6.04 Å². The lowest BCUT2D eigenvalue weighted by atomic mass is 10.1. The van der Waals surface area contributed by atoms with Gasteiger partial charge in [0.25, 0.3) is 0 Å². The highest BCUT2D eigenvalue weighted by Gasteiger charge is 2.30. The molecule has 1 unspecified atom stereocenters. The van der Waals surface area contributed by atoms with Gasteiger partial charge in [-0.05, 0) is 30.5 Å². The maximum Gasteiger partial charge on any atom is 0.242 e. The van der Waals surface area contributed by atoms with Gasteiger partial charge in [0, 0.05) is 25.2 Å². The first-order valence-corrected chi connectivity index (χ1v) is 7.03. The fourth-order valence-electron chi connectivity index (χ4n) is 2.56. The Kier molecular flexibility index (Phi) is 4.61. The Balaban J connectivity index is 1.95. The van der Waals surface area contributed by atoms with Crippen molar-refractivity contribution in [3.63, 3.8) is 0 Å². The van der Waals surface area contributed by atoms with Gasteiger partial charge in [-0.15, -0.1) is 0 Å². The largest absolute Gasteiger partial charge is 0.399 e. The normalized spacial score (nSPS) is 18.8. The van der Waals surface area contributed by atoms with Gasteiger partial charge in [0.05, 0.1) is 0 Å². The summed E-state index contributed by atoms with van der Waals surface area (Å²) in [6.45, 7) is 3.06. The zero-order valence-electron chi connectivity index (χ0n) is 11.8. The van der Waals surface area contributed by atoms with Crippen molar-refractivity contribution >= 4 is 17.5 Å². The Bertz CT molecular complexity index is 502. The van der Waals surface area contributed by atoms with E-state index < -0.39 is 0 Å². The molecule has 1 saturated heterocycles. The van der Waals surface area contributed by atoms with Crippen molar-refractivity contribution in [2.75, 3.05) is 18.8 Å². The Morgan fingerprint density at radius 2 is 2.30 bits per heavy atom. The average Bonchev–Trinajstić information content (AvgIpc) is 2.44. The van der Waals surface area contributed by atoms with Crippen molar-refractivity contribution < 1.29 is 9.59 Å². The van der Waals surface area contributed by atoms with E-state index in [1.807, 2.05) is 31.2 Å². The number of benzene rings is 1. The number of amides is 2. The summed E-state index contributed by atoms with van der Waals surface area (Å²) < 4.78 is 0. The number of carbonyl (C=O) groups excluding carboxylic acids is 2. The van der Waals surface area contributed by atoms with Crippen LogP contribution < -0.4 is 11.1 Å². The van der Waals surface area contributed by atoms with Crippen molar-refractivity contribution in [1.82, 2.24) is 10.2 Å². The SMILES string of the molecule is CCC1C(=O)NCCN1C(=O)CCc1cccc(N)c1. The predicted molar refractivity (Wildman–Crippen MR) is 78.0 cm³/mol. The Morgan fingerprint density at radius 3 is 3.00 bits per heavy atom. The number of aryl methyl sites for hydroxylation is 1. The van der Waals surface area contributed by atoms with Gasteiger partial charge in [-0.25, -0.2) is 0 Å². The van der Waals surface area contributed by atoms with Crippen molar-refractivity contribution in [3.8, 4) is 0 Å². The zero-order chi connectivity index (χ0) is 14.5. The number of piperazine rings is 1. The summed E-state index contributed by atoms with van der Waals surface area (Å²) >= 11 is 0. The van der Waals surface area contributed by atoms with Gasteiger partial charge in [-0.1, -0.05) is 19.1 Å². The molecule has 1 fully saturated rings. The van der Waals surface area contributed by atoms with E-state index in [0.717, 1.165) is 5.56 Å². The second-order valence-electron chi connectivity index (χ2n) is 5.05. The number of rotatable bonds is 4. The van der Waals surface area contributed by atoms with E-state index in [-0.39, 0.29) is 17.9 Å². The fourth-order valence-corrected chi connectivity index (χ4v) is 2.56. The van der Waals surface area contributed by atoms with Gasteiger partial charge >= 0.3 is 0 Å². The minimum Gasteiger partial charge on any atom is -0.399 e. The van der Waals surface area contributed by atoms with Crippen LogP contribution in [0, 0.1) is 0 Å². The van der Waals surface area contributed by atoms with Gasteiger partial charge in [-0.2, -0.15) is 0 Å². The van der Waals surface area contributed by atoms with Crippen LogP contribution >= 0.6 is 0 Å². The summed E-state index contributed by atoms with van der Waals surface area (Å²) in [5.74, 6) is -0.00909. The van der Waals surface area contributed by atoms with Crippen LogP contribution in [0.4, 0.5) is 5.69 Å². The molecule has 1 aromatic carbocycles. The number of carbonyl (C=O) groups is 2. The molecule has 0 aromatic heterocycles. The molecule has 1 aliphatic rings. The van der Waals surface area contributed by atoms with E-state index in [1.165, 1.54) is 0 Å². The molecule has 1 aliphatic heterocycles. The van der Waals surface area contributed by atoms with Crippen LogP contribution in [0.2, 0.25) is 0 Å². The van der Waals surface area contributed by atoms with Crippen LogP contribution in [0.3, 0.4) is 0 Å². The Labute approximate surface area is 119 Å². The second kappa shape index (κ2) is 6.41. The Morgan fingerprint density at radius 1 is 1.50 bits per heavy atom. The van der Waals surface area contributed by atoms with Crippen molar-refractivity contribution in [3.05, 3.63) is 29.8 Å². The summed E-state index contributed by atoms with van der Waals surface area (Å²) in [4.78, 5) is 25.7. The number of nitrogen functional groups attached to an aromatic ring is 1. The third-order valence-corrected chi connectivity index (χ3v) is 3.62. The molecular formula is C15H21N3O2. The van der Waals surface area contributed by atoms with Crippen LogP contribution in [0.1, 0.15) is 25.3 Å². The highest BCUT2D eigenvalue weighted by atomic mass is 16.2. The van der Waals surface area contributed by atoms with Crippen LogP contribution in [0.15, 0.2) is 24.3 Å². The van der Waals surface area contributed by atoms with Gasteiger partial charge in [0.15, 0.2) is 0 Å². The van der Waals surface area contributed by atoms with Crippen LogP contribution in [0.5, 0.6) is 0 Å². The van der Waals surface area contributed by atoms with Crippen LogP contribution in [-0.4, -0.2) is 35.8 Å². The van der Waals surface area contributed by atoms with E-state index in [1.54, 1.807) is 4.90 Å². The first kappa shape index (κ1) is 14.4. The number of nitrogens with two attached hydrogens (primary N) is 1. The van der Waals surface area contributed by atoms with Crippen LogP contribution in [-0.2, 0) is 16.0 Å². The third kappa shape index (κ3) is 3.29. The molecule has 1 atom stereocenters. The summed E-state index contributed by atoms with van der Waals surface area (Å²) in [6.07, 6.45) is 1.71. The molecule has 0 saturated carbocycles. The quantitative estimate of drug-likeness (QED) is 0.803. The Hall–Kier alpha value is -2.04. The molecule has 108 valence electrons. The molecular weight excluding hydrogens is 254 g/mol. The smallest absolute Gasteiger partial charge is 0.242 e. The molecule has 0 spiro atoms. The molecule has 2 amide bonds. The van der Waals surface area contributed by atoms with E-state index in [2.05, 4.69) is 5.32 Å². The van der Waals surface area contributed by atoms with Crippen molar-refractivity contribution in [2.24, 2.45) is 0 Å². The summed E-state index contributed by atoms with van der Waals surface area (Å²) in [6, 6.07) is 7.24. The second-order valence-corrected chi connectivity index (χ2v) is 5.05. The topological polar surface area (TPSA) is 75.4 Å². The molecule has 1 aromatic rings. The van der Waals surface area contributed by atoms with Crippen molar-refractivity contribution in [2.45, 2.75) is 32.2 Å². The fraction of sp³-hybridized carbons (Fsp3) is 0.467. The lowest BCUT2D eigenvalue weighted by molar-refractivity contribution is -0.143. The van der Waals surface area contributed by atoms with Gasteiger partial charge in [-0.3, -0.25) is 9.59 Å². The number of nitrogens with one attached hydrogen (secondary N) is 1. The molecule has 5 heteroatoms. The first-order valence-electron chi connectivity index (χ1n) is 7.03. The summed E-state index contributed by atoms with van der Waals surface area (Å²) in [5.41, 5.74) is 7.48. The molecule has 1 heterocycles. The third-order valence-electron chi connectivity index (χ3n) is 3.62. The zero-order valence-corrected chi connectivity index (χ0v) is 11.8. The molecule has 3 N–H and O–H groups in total. The number of nitrogens with zero attached hydrogens (tertiary/aromatic N) is 1.